The molecule has 2 heterocycles. The van der Waals surface area contributed by atoms with Gasteiger partial charge in [0.05, 0.1) is 5.69 Å². The number of aromatic nitrogens is 2. The van der Waals surface area contributed by atoms with Crippen molar-refractivity contribution in [3.8, 4) is 17.0 Å². The summed E-state index contributed by atoms with van der Waals surface area (Å²) in [5.74, 6) is 0.335. The number of nitrogens with zero attached hydrogens (tertiary/aromatic N) is 3. The van der Waals surface area contributed by atoms with Crippen molar-refractivity contribution >= 4 is 17.8 Å². The van der Waals surface area contributed by atoms with E-state index in [0.29, 0.717) is 22.9 Å². The number of amides is 1. The maximum atomic E-state index is 10.9. The lowest BCUT2D eigenvalue weighted by atomic mass is 9.79. The number of anilines is 1. The van der Waals surface area contributed by atoms with Crippen LogP contribution >= 0.6 is 0 Å². The minimum atomic E-state index is -0.537. The van der Waals surface area contributed by atoms with Crippen molar-refractivity contribution in [1.82, 2.24) is 15.5 Å². The number of hydrogen-bond donors (Lipinski definition) is 3. The Kier molecular flexibility index (Phi) is 5.85. The van der Waals surface area contributed by atoms with E-state index in [-0.39, 0.29) is 16.8 Å². The Morgan fingerprint density at radius 2 is 1.83 bits per heavy atom. The van der Waals surface area contributed by atoms with Gasteiger partial charge in [0.1, 0.15) is 5.75 Å². The molecule has 0 saturated carbocycles. The molecule has 3 rings (SSSR count). The molecule has 1 aromatic carbocycles. The number of carbonyl (C=O) groups excluding carboxylic acids is 1. The summed E-state index contributed by atoms with van der Waals surface area (Å²) in [5.41, 5.74) is 7.04. The molecule has 7 heteroatoms. The highest BCUT2D eigenvalue weighted by atomic mass is 16.3. The van der Waals surface area contributed by atoms with Crippen LogP contribution in [0, 0.1) is 0 Å². The Hall–Kier alpha value is -2.93. The molecule has 1 aromatic heterocycles. The number of piperidine rings is 1. The van der Waals surface area contributed by atoms with Crippen molar-refractivity contribution in [2.75, 3.05) is 11.9 Å². The molecular weight excluding hydrogens is 378 g/mol. The van der Waals surface area contributed by atoms with E-state index in [2.05, 4.69) is 55.2 Å². The Bertz CT molecular complexity index is 935. The molecular formula is C23H31N5O2. The highest BCUT2D eigenvalue weighted by Crippen LogP contribution is 2.33. The van der Waals surface area contributed by atoms with E-state index in [1.807, 2.05) is 12.1 Å². The lowest BCUT2D eigenvalue weighted by Crippen LogP contribution is -2.62. The molecule has 0 bridgehead atoms. The van der Waals surface area contributed by atoms with Crippen LogP contribution < -0.4 is 16.0 Å². The van der Waals surface area contributed by atoms with E-state index >= 15 is 0 Å². The zero-order valence-electron chi connectivity index (χ0n) is 18.3. The van der Waals surface area contributed by atoms with Crippen LogP contribution in [0.15, 0.2) is 36.4 Å². The fourth-order valence-corrected chi connectivity index (χ4v) is 4.43. The van der Waals surface area contributed by atoms with Gasteiger partial charge in [0.2, 0.25) is 5.91 Å². The molecule has 0 atom stereocenters. The van der Waals surface area contributed by atoms with Gasteiger partial charge in [0.15, 0.2) is 5.82 Å². The molecule has 0 radical (unpaired) electrons. The molecule has 30 heavy (non-hydrogen) atoms. The third-order valence-corrected chi connectivity index (χ3v) is 5.47. The first kappa shape index (κ1) is 21.8. The number of benzene rings is 1. The normalized spacial score (nSPS) is 18.4. The van der Waals surface area contributed by atoms with Crippen molar-refractivity contribution in [2.45, 2.75) is 57.7 Å². The van der Waals surface area contributed by atoms with Crippen molar-refractivity contribution in [2.24, 2.45) is 5.73 Å². The van der Waals surface area contributed by atoms with Crippen molar-refractivity contribution in [3.05, 3.63) is 42.0 Å². The first-order valence-electron chi connectivity index (χ1n) is 10.1. The molecule has 0 aliphatic carbocycles. The van der Waals surface area contributed by atoms with Crippen LogP contribution in [-0.4, -0.2) is 45.4 Å². The van der Waals surface area contributed by atoms with Crippen LogP contribution in [-0.2, 0) is 4.79 Å². The van der Waals surface area contributed by atoms with Gasteiger partial charge < -0.3 is 21.1 Å². The van der Waals surface area contributed by atoms with E-state index in [1.54, 1.807) is 24.3 Å². The van der Waals surface area contributed by atoms with Crippen LogP contribution in [0.5, 0.6) is 5.75 Å². The second kappa shape index (κ2) is 8.07. The summed E-state index contributed by atoms with van der Waals surface area (Å²) in [7, 11) is 2.06. The predicted molar refractivity (Wildman–Crippen MR) is 120 cm³/mol. The molecule has 1 amide bonds. The summed E-state index contributed by atoms with van der Waals surface area (Å²) >= 11 is 0. The Labute approximate surface area is 178 Å². The molecule has 2 aromatic rings. The maximum Gasteiger partial charge on any atom is 0.241 e. The summed E-state index contributed by atoms with van der Waals surface area (Å²) < 4.78 is 0. The van der Waals surface area contributed by atoms with Crippen LogP contribution in [0.3, 0.4) is 0 Å². The standard InChI is InChI=1S/C23H31N5O2/c1-22(2)13-16(14-23(3,4)27-22)28(5)21-11-9-18(25-26-21)17-8-6-15(12-19(17)29)7-10-20(24)30/h6-12,16,27,29H,13-14H2,1-5H3,(H2,24,30)/b10-7+. The average Bonchev–Trinajstić information content (AvgIpc) is 2.63. The zero-order chi connectivity index (χ0) is 22.1. The zero-order valence-corrected chi connectivity index (χ0v) is 18.3. The number of carbonyl (C=O) groups is 1. The third-order valence-electron chi connectivity index (χ3n) is 5.47. The summed E-state index contributed by atoms with van der Waals surface area (Å²) in [5, 5.41) is 22.8. The summed E-state index contributed by atoms with van der Waals surface area (Å²) in [6, 6.07) is 9.25. The first-order chi connectivity index (χ1) is 14.0. The van der Waals surface area contributed by atoms with Gasteiger partial charge in [-0.15, -0.1) is 10.2 Å². The molecule has 160 valence electrons. The number of phenolic OH excluding ortho intramolecular Hbond substituents is 1. The van der Waals surface area contributed by atoms with Gasteiger partial charge >= 0.3 is 0 Å². The maximum absolute atomic E-state index is 10.9. The number of primary amides is 1. The van der Waals surface area contributed by atoms with Crippen molar-refractivity contribution in [1.29, 1.82) is 0 Å². The molecule has 7 nitrogen and oxygen atoms in total. The van der Waals surface area contributed by atoms with Crippen LogP contribution in [0.25, 0.3) is 17.3 Å². The minimum absolute atomic E-state index is 0.0462. The number of nitrogens with two attached hydrogens (primary N) is 1. The largest absolute Gasteiger partial charge is 0.507 e. The van der Waals surface area contributed by atoms with E-state index in [4.69, 9.17) is 5.73 Å². The Balaban J connectivity index is 1.79. The first-order valence-corrected chi connectivity index (χ1v) is 10.1. The summed E-state index contributed by atoms with van der Waals surface area (Å²) in [6.07, 6.45) is 4.83. The second-order valence-corrected chi connectivity index (χ2v) is 9.35. The smallest absolute Gasteiger partial charge is 0.241 e. The lowest BCUT2D eigenvalue weighted by molar-refractivity contribution is -0.113. The topological polar surface area (TPSA) is 104 Å². The summed E-state index contributed by atoms with van der Waals surface area (Å²) in [4.78, 5) is 13.1. The number of phenols is 1. The molecule has 4 N–H and O–H groups in total. The third kappa shape index (κ3) is 5.16. The van der Waals surface area contributed by atoms with Gasteiger partial charge in [0, 0.05) is 35.8 Å². The molecule has 1 fully saturated rings. The Morgan fingerprint density at radius 1 is 1.17 bits per heavy atom. The van der Waals surface area contributed by atoms with Crippen LogP contribution in [0.1, 0.15) is 46.1 Å². The Morgan fingerprint density at radius 3 is 2.37 bits per heavy atom. The van der Waals surface area contributed by atoms with Gasteiger partial charge in [-0.05, 0) is 76.4 Å². The van der Waals surface area contributed by atoms with Gasteiger partial charge in [-0.2, -0.15) is 0 Å². The SMILES string of the molecule is CN(c1ccc(-c2ccc(/C=C/C(N)=O)cc2O)nn1)C1CC(C)(C)NC(C)(C)C1. The number of rotatable bonds is 5. The average molecular weight is 410 g/mol. The van der Waals surface area contributed by atoms with Gasteiger partial charge in [-0.1, -0.05) is 6.07 Å². The van der Waals surface area contributed by atoms with Crippen LogP contribution in [0.4, 0.5) is 5.82 Å². The van der Waals surface area contributed by atoms with Crippen molar-refractivity contribution < 1.29 is 9.90 Å². The van der Waals surface area contributed by atoms with E-state index in [0.717, 1.165) is 18.7 Å². The number of hydrogen-bond acceptors (Lipinski definition) is 6. The molecule has 1 aliphatic heterocycles. The molecule has 1 aliphatic rings. The van der Waals surface area contributed by atoms with Gasteiger partial charge in [0.25, 0.3) is 0 Å². The predicted octanol–water partition coefficient (Wildman–Crippen LogP) is 3.09. The van der Waals surface area contributed by atoms with E-state index in [1.165, 1.54) is 6.08 Å². The highest BCUT2D eigenvalue weighted by Gasteiger charge is 2.39. The van der Waals surface area contributed by atoms with E-state index < -0.39 is 5.91 Å². The van der Waals surface area contributed by atoms with E-state index in [9.17, 15) is 9.90 Å². The number of nitrogens with one attached hydrogen (secondary N) is 1. The fraction of sp³-hybridized carbons (Fsp3) is 0.435. The van der Waals surface area contributed by atoms with Crippen LogP contribution in [0.2, 0.25) is 0 Å². The number of aromatic hydroxyl groups is 1. The van der Waals surface area contributed by atoms with Crippen molar-refractivity contribution in [3.63, 3.8) is 0 Å². The molecule has 0 spiro atoms. The monoisotopic (exact) mass is 409 g/mol. The molecule has 1 saturated heterocycles. The summed E-state index contributed by atoms with van der Waals surface area (Å²) in [6.45, 7) is 8.92. The fourth-order valence-electron chi connectivity index (χ4n) is 4.43. The quantitative estimate of drug-likeness (QED) is 0.656. The molecule has 0 unspecified atom stereocenters. The highest BCUT2D eigenvalue weighted by molar-refractivity contribution is 5.90. The van der Waals surface area contributed by atoms with Gasteiger partial charge in [-0.25, -0.2) is 0 Å². The van der Waals surface area contributed by atoms with Gasteiger partial charge in [-0.3, -0.25) is 4.79 Å². The second-order valence-electron chi connectivity index (χ2n) is 9.35. The lowest BCUT2D eigenvalue weighted by Gasteiger charge is -2.49. The minimum Gasteiger partial charge on any atom is -0.507 e.